The first-order valence-corrected chi connectivity index (χ1v) is 8.46. The topological polar surface area (TPSA) is 71.3 Å². The Morgan fingerprint density at radius 1 is 1.42 bits per heavy atom. The number of amides is 1. The molecule has 0 unspecified atom stereocenters. The van der Waals surface area contributed by atoms with Gasteiger partial charge in [0.1, 0.15) is 17.3 Å². The molecule has 0 bridgehead atoms. The number of nitrogens with zero attached hydrogens (tertiary/aromatic N) is 3. The van der Waals surface area contributed by atoms with Gasteiger partial charge < -0.3 is 14.6 Å². The van der Waals surface area contributed by atoms with Gasteiger partial charge in [0.2, 0.25) is 0 Å². The summed E-state index contributed by atoms with van der Waals surface area (Å²) < 4.78 is 5.69. The lowest BCUT2D eigenvalue weighted by Crippen LogP contribution is -2.48. The normalized spacial score (nSPS) is 18.0. The summed E-state index contributed by atoms with van der Waals surface area (Å²) in [6, 6.07) is 1.96. The number of furan rings is 1. The monoisotopic (exact) mass is 328 g/mol. The molecule has 0 saturated carbocycles. The number of rotatable bonds is 4. The minimum absolute atomic E-state index is 0.0610. The average Bonchev–Trinajstić information content (AvgIpc) is 2.98. The minimum atomic E-state index is -0.0610. The summed E-state index contributed by atoms with van der Waals surface area (Å²) in [7, 11) is 0. The van der Waals surface area contributed by atoms with Crippen molar-refractivity contribution in [2.75, 3.05) is 18.0 Å². The van der Waals surface area contributed by atoms with Gasteiger partial charge in [0.05, 0.1) is 11.8 Å². The fourth-order valence-corrected chi connectivity index (χ4v) is 3.04. The Labute approximate surface area is 142 Å². The van der Waals surface area contributed by atoms with Crippen molar-refractivity contribution >= 4 is 11.7 Å². The van der Waals surface area contributed by atoms with Crippen LogP contribution in [0.3, 0.4) is 0 Å². The van der Waals surface area contributed by atoms with Gasteiger partial charge in [-0.25, -0.2) is 4.98 Å². The van der Waals surface area contributed by atoms with E-state index in [9.17, 15) is 4.79 Å². The minimum Gasteiger partial charge on any atom is -0.465 e. The van der Waals surface area contributed by atoms with Crippen molar-refractivity contribution in [3.05, 3.63) is 41.7 Å². The Balaban J connectivity index is 1.66. The SMILES string of the molecule is Cc1oc(C(C)C)cc1C(=O)N[C@H]1CCCN(c2cnccn2)C1. The highest BCUT2D eigenvalue weighted by molar-refractivity contribution is 5.95. The maximum atomic E-state index is 12.6. The van der Waals surface area contributed by atoms with Crippen molar-refractivity contribution in [3.8, 4) is 0 Å². The van der Waals surface area contributed by atoms with Crippen molar-refractivity contribution < 1.29 is 9.21 Å². The van der Waals surface area contributed by atoms with Crippen LogP contribution in [-0.4, -0.2) is 35.0 Å². The van der Waals surface area contributed by atoms with E-state index in [1.807, 2.05) is 13.0 Å². The lowest BCUT2D eigenvalue weighted by molar-refractivity contribution is 0.0931. The molecule has 1 atom stereocenters. The molecule has 3 heterocycles. The standard InChI is InChI=1S/C18H24N4O2/c1-12(2)16-9-15(13(3)24-16)18(23)21-14-5-4-8-22(11-14)17-10-19-6-7-20-17/h6-7,9-10,12,14H,4-5,8,11H2,1-3H3,(H,21,23)/t14-/m0/s1. The van der Waals surface area contributed by atoms with Crippen LogP contribution in [0, 0.1) is 6.92 Å². The van der Waals surface area contributed by atoms with Gasteiger partial charge in [0, 0.05) is 37.4 Å². The van der Waals surface area contributed by atoms with Crippen LogP contribution in [0.1, 0.15) is 54.5 Å². The highest BCUT2D eigenvalue weighted by atomic mass is 16.3. The van der Waals surface area contributed by atoms with Crippen LogP contribution >= 0.6 is 0 Å². The van der Waals surface area contributed by atoms with E-state index in [4.69, 9.17) is 4.42 Å². The van der Waals surface area contributed by atoms with E-state index in [1.165, 1.54) is 0 Å². The molecular weight excluding hydrogens is 304 g/mol. The van der Waals surface area contributed by atoms with Crippen LogP contribution < -0.4 is 10.2 Å². The van der Waals surface area contributed by atoms with E-state index in [2.05, 4.69) is 34.0 Å². The Kier molecular flexibility index (Phi) is 4.83. The Hall–Kier alpha value is -2.37. The number of aryl methyl sites for hydroxylation is 1. The van der Waals surface area contributed by atoms with Gasteiger partial charge in [-0.05, 0) is 25.8 Å². The van der Waals surface area contributed by atoms with Crippen LogP contribution in [0.4, 0.5) is 5.82 Å². The van der Waals surface area contributed by atoms with Crippen molar-refractivity contribution in [3.63, 3.8) is 0 Å². The van der Waals surface area contributed by atoms with Crippen molar-refractivity contribution in [2.45, 2.75) is 45.6 Å². The molecule has 2 aromatic rings. The highest BCUT2D eigenvalue weighted by Crippen LogP contribution is 2.22. The quantitative estimate of drug-likeness (QED) is 0.934. The van der Waals surface area contributed by atoms with Gasteiger partial charge in [-0.3, -0.25) is 9.78 Å². The largest absolute Gasteiger partial charge is 0.465 e. The molecule has 0 spiro atoms. The third-order valence-corrected chi connectivity index (χ3v) is 4.38. The summed E-state index contributed by atoms with van der Waals surface area (Å²) in [5, 5.41) is 3.14. The maximum Gasteiger partial charge on any atom is 0.255 e. The van der Waals surface area contributed by atoms with Gasteiger partial charge in [0.15, 0.2) is 0 Å². The zero-order valence-corrected chi connectivity index (χ0v) is 14.5. The highest BCUT2D eigenvalue weighted by Gasteiger charge is 2.24. The summed E-state index contributed by atoms with van der Waals surface area (Å²) in [5.74, 6) is 2.60. The Bertz CT molecular complexity index is 696. The van der Waals surface area contributed by atoms with Gasteiger partial charge in [-0.2, -0.15) is 0 Å². The third kappa shape index (κ3) is 3.58. The molecule has 0 aromatic carbocycles. The number of carbonyl (C=O) groups excluding carboxylic acids is 1. The first kappa shape index (κ1) is 16.5. The molecule has 1 N–H and O–H groups in total. The van der Waals surface area contributed by atoms with Crippen LogP contribution in [0.2, 0.25) is 0 Å². The maximum absolute atomic E-state index is 12.6. The summed E-state index contributed by atoms with van der Waals surface area (Å²) in [5.41, 5.74) is 0.635. The summed E-state index contributed by atoms with van der Waals surface area (Å²) in [6.07, 6.45) is 7.11. The number of hydrogen-bond donors (Lipinski definition) is 1. The number of piperidine rings is 1. The smallest absolute Gasteiger partial charge is 0.255 e. The van der Waals surface area contributed by atoms with E-state index < -0.39 is 0 Å². The van der Waals surface area contributed by atoms with Gasteiger partial charge in [0.25, 0.3) is 5.91 Å². The van der Waals surface area contributed by atoms with Crippen molar-refractivity contribution in [1.29, 1.82) is 0 Å². The van der Waals surface area contributed by atoms with E-state index >= 15 is 0 Å². The first-order valence-electron chi connectivity index (χ1n) is 8.46. The lowest BCUT2D eigenvalue weighted by Gasteiger charge is -2.33. The number of hydrogen-bond acceptors (Lipinski definition) is 5. The lowest BCUT2D eigenvalue weighted by atomic mass is 10.0. The summed E-state index contributed by atoms with van der Waals surface area (Å²) >= 11 is 0. The predicted octanol–water partition coefficient (Wildman–Crippen LogP) is 2.90. The molecule has 3 rings (SSSR count). The average molecular weight is 328 g/mol. The van der Waals surface area contributed by atoms with Gasteiger partial charge in [-0.15, -0.1) is 0 Å². The van der Waals surface area contributed by atoms with Crippen molar-refractivity contribution in [1.82, 2.24) is 15.3 Å². The van der Waals surface area contributed by atoms with E-state index in [-0.39, 0.29) is 17.9 Å². The second-order valence-electron chi connectivity index (χ2n) is 6.60. The van der Waals surface area contributed by atoms with Crippen molar-refractivity contribution in [2.24, 2.45) is 0 Å². The Morgan fingerprint density at radius 3 is 2.92 bits per heavy atom. The zero-order chi connectivity index (χ0) is 17.1. The van der Waals surface area contributed by atoms with E-state index in [1.54, 1.807) is 18.6 Å². The van der Waals surface area contributed by atoms with Crippen LogP contribution in [0.15, 0.2) is 29.1 Å². The number of anilines is 1. The Morgan fingerprint density at radius 2 is 2.25 bits per heavy atom. The molecule has 6 heteroatoms. The summed E-state index contributed by atoms with van der Waals surface area (Å²) in [6.45, 7) is 7.64. The second-order valence-corrected chi connectivity index (χ2v) is 6.60. The molecule has 1 amide bonds. The molecule has 24 heavy (non-hydrogen) atoms. The molecular formula is C18H24N4O2. The summed E-state index contributed by atoms with van der Waals surface area (Å²) in [4.78, 5) is 23.2. The molecule has 1 aliphatic rings. The fraction of sp³-hybridized carbons (Fsp3) is 0.500. The molecule has 1 saturated heterocycles. The van der Waals surface area contributed by atoms with E-state index in [0.29, 0.717) is 11.3 Å². The molecule has 1 aliphatic heterocycles. The fourth-order valence-electron chi connectivity index (χ4n) is 3.04. The zero-order valence-electron chi connectivity index (χ0n) is 14.5. The molecule has 0 radical (unpaired) electrons. The molecule has 2 aromatic heterocycles. The molecule has 0 aliphatic carbocycles. The van der Waals surface area contributed by atoms with Gasteiger partial charge in [-0.1, -0.05) is 13.8 Å². The number of nitrogens with one attached hydrogen (secondary N) is 1. The molecule has 128 valence electrons. The van der Waals surface area contributed by atoms with Crippen LogP contribution in [0.5, 0.6) is 0 Å². The third-order valence-electron chi connectivity index (χ3n) is 4.38. The second kappa shape index (κ2) is 7.03. The van der Waals surface area contributed by atoms with Gasteiger partial charge >= 0.3 is 0 Å². The number of aromatic nitrogens is 2. The predicted molar refractivity (Wildman–Crippen MR) is 92.3 cm³/mol. The van der Waals surface area contributed by atoms with Crippen LogP contribution in [0.25, 0.3) is 0 Å². The van der Waals surface area contributed by atoms with Crippen LogP contribution in [-0.2, 0) is 0 Å². The first-order chi connectivity index (χ1) is 11.5. The molecule has 1 fully saturated rings. The van der Waals surface area contributed by atoms with E-state index in [0.717, 1.165) is 37.5 Å². The molecule has 6 nitrogen and oxygen atoms in total. The number of carbonyl (C=O) groups is 1.